The van der Waals surface area contributed by atoms with Crippen LogP contribution in [0.3, 0.4) is 0 Å². The Balaban J connectivity index is 1.25. The van der Waals surface area contributed by atoms with E-state index in [1.807, 2.05) is 11.9 Å². The quantitative estimate of drug-likeness (QED) is 0.293. The van der Waals surface area contributed by atoms with Gasteiger partial charge in [0, 0.05) is 50.7 Å². The van der Waals surface area contributed by atoms with E-state index in [9.17, 15) is 22.8 Å². The van der Waals surface area contributed by atoms with Gasteiger partial charge in [-0.15, -0.1) is 13.2 Å². The summed E-state index contributed by atoms with van der Waals surface area (Å²) >= 11 is 1.16. The second-order valence-electron chi connectivity index (χ2n) is 9.39. The van der Waals surface area contributed by atoms with Gasteiger partial charge in [-0.2, -0.15) is 0 Å². The summed E-state index contributed by atoms with van der Waals surface area (Å²) in [6.45, 7) is 1.40. The van der Waals surface area contributed by atoms with Gasteiger partial charge in [0.15, 0.2) is 10.9 Å². The predicted molar refractivity (Wildman–Crippen MR) is 143 cm³/mol. The SMILES string of the molecule is CNC1CCN(C(=O)CCC(=O)c2ccc3c(c2)nc(Nc2nc4ccc(OC(F)(F)F)cc4s2)n3C)CC1. The fourth-order valence-electron chi connectivity index (χ4n) is 4.68. The first-order valence-electron chi connectivity index (χ1n) is 12.5. The Morgan fingerprint density at radius 2 is 1.85 bits per heavy atom. The van der Waals surface area contributed by atoms with Crippen molar-refractivity contribution in [1.29, 1.82) is 0 Å². The Kier molecular flexibility index (Phi) is 7.45. The zero-order chi connectivity index (χ0) is 27.7. The molecule has 3 heterocycles. The van der Waals surface area contributed by atoms with Gasteiger partial charge in [0.25, 0.3) is 0 Å². The number of aryl methyl sites for hydroxylation is 1. The Bertz CT molecular complexity index is 1520. The second kappa shape index (κ2) is 10.8. The van der Waals surface area contributed by atoms with Crippen LogP contribution in [0, 0.1) is 0 Å². The number of nitrogens with zero attached hydrogens (tertiary/aromatic N) is 4. The molecule has 0 saturated carbocycles. The number of hydrogen-bond donors (Lipinski definition) is 2. The Labute approximate surface area is 226 Å². The van der Waals surface area contributed by atoms with Crippen molar-refractivity contribution in [1.82, 2.24) is 24.8 Å². The lowest BCUT2D eigenvalue weighted by atomic mass is 10.0. The third kappa shape index (κ3) is 6.14. The van der Waals surface area contributed by atoms with E-state index < -0.39 is 6.36 Å². The van der Waals surface area contributed by atoms with Crippen LogP contribution in [-0.2, 0) is 11.8 Å². The number of carbonyl (C=O) groups is 2. The Hall–Kier alpha value is -3.71. The van der Waals surface area contributed by atoms with E-state index in [0.29, 0.717) is 51.5 Å². The molecule has 1 fully saturated rings. The molecule has 1 aliphatic rings. The number of rotatable bonds is 8. The van der Waals surface area contributed by atoms with E-state index >= 15 is 0 Å². The first-order chi connectivity index (χ1) is 18.6. The molecule has 2 aromatic heterocycles. The molecule has 1 saturated heterocycles. The molecule has 0 unspecified atom stereocenters. The van der Waals surface area contributed by atoms with Crippen LogP contribution in [-0.4, -0.2) is 63.7 Å². The monoisotopic (exact) mass is 560 g/mol. The van der Waals surface area contributed by atoms with Crippen molar-refractivity contribution in [2.75, 3.05) is 25.5 Å². The number of anilines is 2. The fraction of sp³-hybridized carbons (Fsp3) is 0.385. The third-order valence-electron chi connectivity index (χ3n) is 6.84. The molecule has 0 atom stereocenters. The maximum absolute atomic E-state index is 12.9. The summed E-state index contributed by atoms with van der Waals surface area (Å²) in [7, 11) is 3.73. The molecule has 2 N–H and O–H groups in total. The normalized spacial score (nSPS) is 14.7. The highest BCUT2D eigenvalue weighted by molar-refractivity contribution is 7.22. The van der Waals surface area contributed by atoms with E-state index in [-0.39, 0.29) is 30.3 Å². The number of imidazole rings is 1. The molecule has 0 bridgehead atoms. The van der Waals surface area contributed by atoms with Gasteiger partial charge < -0.3 is 24.8 Å². The zero-order valence-electron chi connectivity index (χ0n) is 21.3. The molecule has 4 aromatic rings. The minimum atomic E-state index is -4.77. The van der Waals surface area contributed by atoms with Crippen LogP contribution in [0.25, 0.3) is 21.3 Å². The van der Waals surface area contributed by atoms with Crippen molar-refractivity contribution in [3.8, 4) is 5.75 Å². The molecule has 39 heavy (non-hydrogen) atoms. The highest BCUT2D eigenvalue weighted by Gasteiger charge is 2.31. The number of alkyl halides is 3. The molecule has 13 heteroatoms. The highest BCUT2D eigenvalue weighted by atomic mass is 32.1. The number of ether oxygens (including phenoxy) is 1. The smallest absolute Gasteiger partial charge is 0.406 e. The summed E-state index contributed by atoms with van der Waals surface area (Å²) in [6, 6.07) is 9.61. The van der Waals surface area contributed by atoms with Crippen LogP contribution in [0.4, 0.5) is 24.3 Å². The van der Waals surface area contributed by atoms with Gasteiger partial charge in [-0.25, -0.2) is 9.97 Å². The van der Waals surface area contributed by atoms with E-state index in [1.54, 1.807) is 29.8 Å². The highest BCUT2D eigenvalue weighted by Crippen LogP contribution is 2.33. The van der Waals surface area contributed by atoms with Crippen LogP contribution in [0.2, 0.25) is 0 Å². The van der Waals surface area contributed by atoms with Crippen molar-refractivity contribution >= 4 is 55.4 Å². The van der Waals surface area contributed by atoms with E-state index in [1.165, 1.54) is 18.2 Å². The summed E-state index contributed by atoms with van der Waals surface area (Å²) in [4.78, 5) is 36.2. The lowest BCUT2D eigenvalue weighted by molar-refractivity contribution is -0.274. The van der Waals surface area contributed by atoms with Crippen LogP contribution in [0.5, 0.6) is 5.75 Å². The van der Waals surface area contributed by atoms with E-state index in [0.717, 1.165) is 29.7 Å². The lowest BCUT2D eigenvalue weighted by Gasteiger charge is -2.31. The lowest BCUT2D eigenvalue weighted by Crippen LogP contribution is -2.44. The first kappa shape index (κ1) is 26.9. The number of carbonyl (C=O) groups excluding carboxylic acids is 2. The number of Topliss-reactive ketones (excluding diaryl/α,β-unsaturated/α-hetero) is 1. The molecular weight excluding hydrogens is 533 g/mol. The number of thiazole rings is 1. The van der Waals surface area contributed by atoms with E-state index in [4.69, 9.17) is 0 Å². The van der Waals surface area contributed by atoms with Gasteiger partial charge in [0.1, 0.15) is 5.75 Å². The van der Waals surface area contributed by atoms with Crippen LogP contribution >= 0.6 is 11.3 Å². The van der Waals surface area contributed by atoms with Gasteiger partial charge in [0.05, 0.1) is 21.3 Å². The number of piperidine rings is 1. The zero-order valence-corrected chi connectivity index (χ0v) is 22.2. The molecular formula is C26H27F3N6O3S. The Morgan fingerprint density at radius 1 is 1.08 bits per heavy atom. The number of fused-ring (bicyclic) bond motifs is 2. The van der Waals surface area contributed by atoms with Gasteiger partial charge in [0.2, 0.25) is 11.9 Å². The van der Waals surface area contributed by atoms with Crippen molar-refractivity contribution < 1.29 is 27.5 Å². The van der Waals surface area contributed by atoms with Crippen molar-refractivity contribution in [3.05, 3.63) is 42.0 Å². The number of ketones is 1. The fourth-order valence-corrected chi connectivity index (χ4v) is 5.56. The predicted octanol–water partition coefficient (Wildman–Crippen LogP) is 5.00. The third-order valence-corrected chi connectivity index (χ3v) is 7.77. The summed E-state index contributed by atoms with van der Waals surface area (Å²) in [5.74, 6) is 0.0144. The topological polar surface area (TPSA) is 101 Å². The molecule has 1 amide bonds. The van der Waals surface area contributed by atoms with Crippen molar-refractivity contribution in [3.63, 3.8) is 0 Å². The van der Waals surface area contributed by atoms with Gasteiger partial charge in [-0.3, -0.25) is 9.59 Å². The van der Waals surface area contributed by atoms with Gasteiger partial charge >= 0.3 is 6.36 Å². The summed E-state index contributed by atoms with van der Waals surface area (Å²) < 4.78 is 43.9. The largest absolute Gasteiger partial charge is 0.573 e. The van der Waals surface area contributed by atoms with E-state index in [2.05, 4.69) is 25.3 Å². The number of aromatic nitrogens is 3. The average Bonchev–Trinajstić information content (AvgIpc) is 3.45. The first-order valence-corrected chi connectivity index (χ1v) is 13.3. The van der Waals surface area contributed by atoms with Crippen LogP contribution < -0.4 is 15.4 Å². The molecule has 9 nitrogen and oxygen atoms in total. The van der Waals surface area contributed by atoms with Crippen LogP contribution in [0.1, 0.15) is 36.0 Å². The molecule has 2 aromatic carbocycles. The number of nitrogens with one attached hydrogen (secondary N) is 2. The average molecular weight is 561 g/mol. The van der Waals surface area contributed by atoms with Gasteiger partial charge in [-0.05, 0) is 50.2 Å². The number of likely N-dealkylation sites (tertiary alicyclic amines) is 1. The Morgan fingerprint density at radius 3 is 2.56 bits per heavy atom. The summed E-state index contributed by atoms with van der Waals surface area (Å²) in [6.07, 6.45) is -2.66. The van der Waals surface area contributed by atoms with Crippen molar-refractivity contribution in [2.24, 2.45) is 7.05 Å². The van der Waals surface area contributed by atoms with Gasteiger partial charge in [-0.1, -0.05) is 11.3 Å². The number of amides is 1. The number of hydrogen-bond acceptors (Lipinski definition) is 8. The second-order valence-corrected chi connectivity index (χ2v) is 10.4. The molecule has 0 spiro atoms. The standard InChI is InChI=1S/C26H27F3N6O3S/c1-30-16-9-11-35(12-10-16)23(37)8-7-21(36)15-3-6-20-19(13-15)31-24(34(20)2)33-25-32-18-5-4-17(14-22(18)39-25)38-26(27,28)29/h3-6,13-14,16,30H,7-12H2,1-2H3,(H,31,32,33). The number of benzene rings is 2. The molecule has 206 valence electrons. The maximum Gasteiger partial charge on any atom is 0.573 e. The summed E-state index contributed by atoms with van der Waals surface area (Å²) in [5, 5.41) is 6.79. The molecule has 1 aliphatic heterocycles. The maximum atomic E-state index is 12.9. The minimum Gasteiger partial charge on any atom is -0.406 e. The number of halogens is 3. The van der Waals surface area contributed by atoms with Crippen molar-refractivity contribution in [2.45, 2.75) is 38.1 Å². The molecule has 0 aliphatic carbocycles. The summed E-state index contributed by atoms with van der Waals surface area (Å²) in [5.41, 5.74) is 2.36. The van der Waals surface area contributed by atoms with Crippen LogP contribution in [0.15, 0.2) is 36.4 Å². The molecule has 0 radical (unpaired) electrons. The minimum absolute atomic E-state index is 0.00349. The molecule has 5 rings (SSSR count).